The zero-order valence-corrected chi connectivity index (χ0v) is 8.71. The van der Waals surface area contributed by atoms with Crippen LogP contribution in [0.2, 0.25) is 0 Å². The van der Waals surface area contributed by atoms with Crippen LogP contribution >= 0.6 is 15.9 Å². The number of benzene rings is 1. The molecule has 0 bridgehead atoms. The Morgan fingerprint density at radius 2 is 2.15 bits per heavy atom. The predicted molar refractivity (Wildman–Crippen MR) is 56.0 cm³/mol. The fourth-order valence-electron chi connectivity index (χ4n) is 1.44. The Bertz CT molecular complexity index is 473. The fraction of sp³-hybridized carbons (Fsp3) is 0.100. The van der Waals surface area contributed by atoms with E-state index in [1.54, 1.807) is 0 Å². The Labute approximate surface area is 84.3 Å². The standard InChI is InChI=1S/C10H8BrNO/c1-12-9(6-13)4-7-2-3-8(11)5-10(7)12/h2-6H,1H3. The molecule has 0 aliphatic heterocycles. The van der Waals surface area contributed by atoms with Gasteiger partial charge in [-0.05, 0) is 18.2 Å². The number of carbonyl (C=O) groups excluding carboxylic acids is 1. The van der Waals surface area contributed by atoms with Crippen molar-refractivity contribution in [2.24, 2.45) is 7.05 Å². The van der Waals surface area contributed by atoms with Gasteiger partial charge in [0, 0.05) is 22.4 Å². The molecule has 0 saturated carbocycles. The van der Waals surface area contributed by atoms with E-state index in [1.807, 2.05) is 35.9 Å². The van der Waals surface area contributed by atoms with Crippen LogP contribution in [0.5, 0.6) is 0 Å². The molecule has 13 heavy (non-hydrogen) atoms. The van der Waals surface area contributed by atoms with Crippen LogP contribution in [0.25, 0.3) is 10.9 Å². The number of nitrogens with zero attached hydrogens (tertiary/aromatic N) is 1. The first-order chi connectivity index (χ1) is 6.22. The number of aryl methyl sites for hydroxylation is 1. The predicted octanol–water partition coefficient (Wildman–Crippen LogP) is 2.75. The zero-order valence-electron chi connectivity index (χ0n) is 7.12. The van der Waals surface area contributed by atoms with E-state index in [1.165, 1.54) is 0 Å². The van der Waals surface area contributed by atoms with Crippen molar-refractivity contribution in [1.82, 2.24) is 4.57 Å². The van der Waals surface area contributed by atoms with E-state index < -0.39 is 0 Å². The molecule has 1 aromatic heterocycles. The molecule has 0 saturated heterocycles. The van der Waals surface area contributed by atoms with E-state index in [4.69, 9.17) is 0 Å². The number of aldehydes is 1. The quantitative estimate of drug-likeness (QED) is 0.700. The lowest BCUT2D eigenvalue weighted by atomic mass is 10.2. The van der Waals surface area contributed by atoms with Gasteiger partial charge in [0.05, 0.1) is 5.69 Å². The molecule has 0 aliphatic rings. The van der Waals surface area contributed by atoms with E-state index in [0.29, 0.717) is 5.69 Å². The van der Waals surface area contributed by atoms with Crippen molar-refractivity contribution < 1.29 is 4.79 Å². The van der Waals surface area contributed by atoms with Crippen LogP contribution in [0.3, 0.4) is 0 Å². The van der Waals surface area contributed by atoms with E-state index in [9.17, 15) is 4.79 Å². The van der Waals surface area contributed by atoms with Gasteiger partial charge in [0.15, 0.2) is 6.29 Å². The molecule has 66 valence electrons. The van der Waals surface area contributed by atoms with Gasteiger partial charge in [-0.1, -0.05) is 22.0 Å². The summed E-state index contributed by atoms with van der Waals surface area (Å²) in [6, 6.07) is 7.85. The van der Waals surface area contributed by atoms with Crippen molar-refractivity contribution in [3.63, 3.8) is 0 Å². The number of fused-ring (bicyclic) bond motifs is 1. The van der Waals surface area contributed by atoms with Crippen molar-refractivity contribution >= 4 is 33.1 Å². The summed E-state index contributed by atoms with van der Waals surface area (Å²) in [6.45, 7) is 0. The third-order valence-electron chi connectivity index (χ3n) is 2.17. The first-order valence-electron chi connectivity index (χ1n) is 3.92. The molecule has 0 fully saturated rings. The lowest BCUT2D eigenvalue weighted by Gasteiger charge is -1.97. The lowest BCUT2D eigenvalue weighted by Crippen LogP contribution is -1.92. The summed E-state index contributed by atoms with van der Waals surface area (Å²) in [5, 5.41) is 1.09. The largest absolute Gasteiger partial charge is 0.341 e. The second-order valence-corrected chi connectivity index (χ2v) is 3.86. The number of halogens is 1. The Balaban J connectivity index is 2.84. The molecule has 0 spiro atoms. The molecule has 0 amide bonds. The molecule has 1 aromatic carbocycles. The molecule has 2 nitrogen and oxygen atoms in total. The minimum Gasteiger partial charge on any atom is -0.341 e. The maximum atomic E-state index is 10.6. The van der Waals surface area contributed by atoms with E-state index in [2.05, 4.69) is 15.9 Å². The fourth-order valence-corrected chi connectivity index (χ4v) is 1.79. The molecule has 0 atom stereocenters. The molecule has 2 rings (SSSR count). The highest BCUT2D eigenvalue weighted by Crippen LogP contribution is 2.21. The highest BCUT2D eigenvalue weighted by atomic mass is 79.9. The van der Waals surface area contributed by atoms with Gasteiger partial charge in [0.25, 0.3) is 0 Å². The second kappa shape index (κ2) is 3.00. The molecule has 2 aromatic rings. The van der Waals surface area contributed by atoms with Crippen LogP contribution in [0, 0.1) is 0 Å². The average molecular weight is 238 g/mol. The van der Waals surface area contributed by atoms with Crippen LogP contribution in [-0.4, -0.2) is 10.9 Å². The number of hydrogen-bond acceptors (Lipinski definition) is 1. The Kier molecular flexibility index (Phi) is 1.96. The highest BCUT2D eigenvalue weighted by molar-refractivity contribution is 9.10. The van der Waals surface area contributed by atoms with Crippen LogP contribution < -0.4 is 0 Å². The van der Waals surface area contributed by atoms with Gasteiger partial charge in [-0.25, -0.2) is 0 Å². The molecule has 3 heteroatoms. The average Bonchev–Trinajstić information content (AvgIpc) is 2.44. The summed E-state index contributed by atoms with van der Waals surface area (Å²) in [7, 11) is 1.89. The number of rotatable bonds is 1. The smallest absolute Gasteiger partial charge is 0.166 e. The second-order valence-electron chi connectivity index (χ2n) is 2.95. The monoisotopic (exact) mass is 237 g/mol. The summed E-state index contributed by atoms with van der Waals surface area (Å²) in [5.41, 5.74) is 1.77. The summed E-state index contributed by atoms with van der Waals surface area (Å²) in [4.78, 5) is 10.6. The zero-order chi connectivity index (χ0) is 9.42. The van der Waals surface area contributed by atoms with Gasteiger partial charge in [-0.3, -0.25) is 4.79 Å². The van der Waals surface area contributed by atoms with Gasteiger partial charge < -0.3 is 4.57 Å². The molecule has 1 heterocycles. The number of carbonyl (C=O) groups is 1. The van der Waals surface area contributed by atoms with E-state index in [0.717, 1.165) is 21.7 Å². The molecule has 0 radical (unpaired) electrons. The highest BCUT2D eigenvalue weighted by Gasteiger charge is 2.03. The molecule has 0 unspecified atom stereocenters. The summed E-state index contributed by atoms with van der Waals surface area (Å²) < 4.78 is 2.91. The van der Waals surface area contributed by atoms with Crippen LogP contribution in [0.15, 0.2) is 28.7 Å². The summed E-state index contributed by atoms with van der Waals surface area (Å²) >= 11 is 3.40. The van der Waals surface area contributed by atoms with Crippen molar-refractivity contribution in [2.75, 3.05) is 0 Å². The van der Waals surface area contributed by atoms with E-state index >= 15 is 0 Å². The van der Waals surface area contributed by atoms with Gasteiger partial charge >= 0.3 is 0 Å². The minimum absolute atomic E-state index is 0.702. The third kappa shape index (κ3) is 1.29. The van der Waals surface area contributed by atoms with Gasteiger partial charge in [-0.15, -0.1) is 0 Å². The van der Waals surface area contributed by atoms with Crippen molar-refractivity contribution in [1.29, 1.82) is 0 Å². The Morgan fingerprint density at radius 1 is 1.38 bits per heavy atom. The van der Waals surface area contributed by atoms with Crippen molar-refractivity contribution in [3.05, 3.63) is 34.4 Å². The number of hydrogen-bond donors (Lipinski definition) is 0. The van der Waals surface area contributed by atoms with Crippen LogP contribution in [-0.2, 0) is 7.05 Å². The maximum absolute atomic E-state index is 10.6. The molecular weight excluding hydrogens is 230 g/mol. The summed E-state index contributed by atoms with van der Waals surface area (Å²) in [6.07, 6.45) is 0.869. The maximum Gasteiger partial charge on any atom is 0.166 e. The van der Waals surface area contributed by atoms with Crippen LogP contribution in [0.4, 0.5) is 0 Å². The molecule has 0 aliphatic carbocycles. The minimum atomic E-state index is 0.702. The Hall–Kier alpha value is -1.09. The molecule has 0 N–H and O–H groups in total. The summed E-state index contributed by atoms with van der Waals surface area (Å²) in [5.74, 6) is 0. The van der Waals surface area contributed by atoms with Gasteiger partial charge in [0.2, 0.25) is 0 Å². The SMILES string of the molecule is Cn1c(C=O)cc2ccc(Br)cc21. The van der Waals surface area contributed by atoms with Crippen LogP contribution in [0.1, 0.15) is 10.5 Å². The normalized spacial score (nSPS) is 10.6. The first kappa shape index (κ1) is 8.51. The van der Waals surface area contributed by atoms with Gasteiger partial charge in [0.1, 0.15) is 0 Å². The van der Waals surface area contributed by atoms with Gasteiger partial charge in [-0.2, -0.15) is 0 Å². The third-order valence-corrected chi connectivity index (χ3v) is 2.66. The molecular formula is C10H8BrNO. The first-order valence-corrected chi connectivity index (χ1v) is 4.72. The number of aromatic nitrogens is 1. The van der Waals surface area contributed by atoms with Crippen molar-refractivity contribution in [2.45, 2.75) is 0 Å². The Morgan fingerprint density at radius 3 is 2.85 bits per heavy atom. The lowest BCUT2D eigenvalue weighted by molar-refractivity contribution is 0.111. The van der Waals surface area contributed by atoms with Crippen molar-refractivity contribution in [3.8, 4) is 0 Å². The van der Waals surface area contributed by atoms with E-state index in [-0.39, 0.29) is 0 Å². The topological polar surface area (TPSA) is 22.0 Å².